The number of methoxy groups -OCH3 is 1. The largest absolute Gasteiger partial charge is 0.495 e. The lowest BCUT2D eigenvalue weighted by Crippen LogP contribution is -2.01. The monoisotopic (exact) mass is 280 g/mol. The van der Waals surface area contributed by atoms with E-state index in [0.717, 1.165) is 5.56 Å². The molecule has 0 bridgehead atoms. The van der Waals surface area contributed by atoms with Crippen LogP contribution in [0.5, 0.6) is 5.75 Å². The van der Waals surface area contributed by atoms with E-state index in [-0.39, 0.29) is 5.82 Å². The number of aryl methyl sites for hydroxylation is 1. The fourth-order valence-corrected chi connectivity index (χ4v) is 2.23. The molecule has 0 amide bonds. The molecule has 0 saturated heterocycles. The van der Waals surface area contributed by atoms with Crippen LogP contribution in [-0.2, 0) is 0 Å². The molecule has 100 valence electrons. The third kappa shape index (κ3) is 3.06. The van der Waals surface area contributed by atoms with Crippen LogP contribution in [-0.4, -0.2) is 12.2 Å². The van der Waals surface area contributed by atoms with Gasteiger partial charge in [-0.3, -0.25) is 0 Å². The summed E-state index contributed by atoms with van der Waals surface area (Å²) in [5.41, 5.74) is 1.85. The number of hydrogen-bond donors (Lipinski definition) is 1. The van der Waals surface area contributed by atoms with E-state index in [4.69, 9.17) is 16.3 Å². The van der Waals surface area contributed by atoms with E-state index in [9.17, 15) is 9.50 Å². The number of hydrogen-bond acceptors (Lipinski definition) is 2. The molecule has 0 spiro atoms. The normalized spacial score (nSPS) is 12.3. The number of halogens is 2. The first-order valence-corrected chi connectivity index (χ1v) is 6.17. The molecule has 0 heterocycles. The highest BCUT2D eigenvalue weighted by molar-refractivity contribution is 6.32. The molecule has 0 radical (unpaired) electrons. The van der Waals surface area contributed by atoms with Crippen molar-refractivity contribution in [3.8, 4) is 5.75 Å². The molecule has 19 heavy (non-hydrogen) atoms. The summed E-state index contributed by atoms with van der Waals surface area (Å²) >= 11 is 6.01. The zero-order valence-electron chi connectivity index (χ0n) is 10.7. The zero-order chi connectivity index (χ0) is 14.0. The summed E-state index contributed by atoms with van der Waals surface area (Å²) in [6, 6.07) is 9.47. The first-order valence-electron chi connectivity index (χ1n) is 5.80. The first kappa shape index (κ1) is 13.8. The highest BCUT2D eigenvalue weighted by Crippen LogP contribution is 2.30. The predicted molar refractivity (Wildman–Crippen MR) is 73.2 cm³/mol. The maximum atomic E-state index is 13.3. The highest BCUT2D eigenvalue weighted by Gasteiger charge is 2.13. The highest BCUT2D eigenvalue weighted by atomic mass is 35.5. The average molecular weight is 281 g/mol. The van der Waals surface area contributed by atoms with Gasteiger partial charge in [-0.25, -0.2) is 4.39 Å². The van der Waals surface area contributed by atoms with Crippen molar-refractivity contribution in [2.24, 2.45) is 0 Å². The van der Waals surface area contributed by atoms with Crippen LogP contribution in [0.2, 0.25) is 5.02 Å². The first-order chi connectivity index (χ1) is 9.01. The molecule has 2 nitrogen and oxygen atoms in total. The van der Waals surface area contributed by atoms with Gasteiger partial charge in [-0.05, 0) is 47.9 Å². The van der Waals surface area contributed by atoms with E-state index in [1.54, 1.807) is 31.2 Å². The molecule has 1 N–H and O–H groups in total. The summed E-state index contributed by atoms with van der Waals surface area (Å²) in [6.45, 7) is 1.78. The summed E-state index contributed by atoms with van der Waals surface area (Å²) in [4.78, 5) is 0. The van der Waals surface area contributed by atoms with Crippen molar-refractivity contribution in [3.05, 3.63) is 63.9 Å². The third-order valence-corrected chi connectivity index (χ3v) is 3.17. The van der Waals surface area contributed by atoms with Crippen LogP contribution in [0.3, 0.4) is 0 Å². The minimum atomic E-state index is -0.919. The van der Waals surface area contributed by atoms with Crippen molar-refractivity contribution in [3.63, 3.8) is 0 Å². The summed E-state index contributed by atoms with van der Waals surface area (Å²) < 4.78 is 18.4. The van der Waals surface area contributed by atoms with Crippen LogP contribution in [0, 0.1) is 12.7 Å². The van der Waals surface area contributed by atoms with Gasteiger partial charge in [0, 0.05) is 0 Å². The van der Waals surface area contributed by atoms with Crippen LogP contribution >= 0.6 is 11.6 Å². The average Bonchev–Trinajstić information content (AvgIpc) is 2.36. The van der Waals surface area contributed by atoms with Gasteiger partial charge < -0.3 is 9.84 Å². The molecule has 0 aliphatic heterocycles. The van der Waals surface area contributed by atoms with Gasteiger partial charge in [-0.2, -0.15) is 0 Å². The second-order valence-electron chi connectivity index (χ2n) is 4.36. The smallest absolute Gasteiger partial charge is 0.137 e. The molecular formula is C15H14ClFO2. The minimum Gasteiger partial charge on any atom is -0.495 e. The maximum absolute atomic E-state index is 13.3. The molecule has 0 aromatic heterocycles. The van der Waals surface area contributed by atoms with Gasteiger partial charge in [-0.15, -0.1) is 0 Å². The van der Waals surface area contributed by atoms with Gasteiger partial charge >= 0.3 is 0 Å². The SMILES string of the molecule is COc1ccc(C(O)c2cc(C)cc(F)c2)cc1Cl. The Hall–Kier alpha value is -1.58. The second-order valence-corrected chi connectivity index (χ2v) is 4.77. The quantitative estimate of drug-likeness (QED) is 0.924. The fraction of sp³-hybridized carbons (Fsp3) is 0.200. The lowest BCUT2D eigenvalue weighted by Gasteiger charge is -2.14. The molecule has 2 rings (SSSR count). The van der Waals surface area contributed by atoms with Crippen LogP contribution in [0.25, 0.3) is 0 Å². The Labute approximate surface area is 116 Å². The molecule has 1 atom stereocenters. The van der Waals surface area contributed by atoms with Crippen LogP contribution in [0.4, 0.5) is 4.39 Å². The van der Waals surface area contributed by atoms with Crippen molar-refractivity contribution in [1.29, 1.82) is 0 Å². The van der Waals surface area contributed by atoms with Crippen molar-refractivity contribution in [1.82, 2.24) is 0 Å². The molecule has 0 aliphatic rings. The van der Waals surface area contributed by atoms with Crippen LogP contribution in [0.1, 0.15) is 22.8 Å². The Kier molecular flexibility index (Phi) is 4.08. The van der Waals surface area contributed by atoms with Gasteiger partial charge in [0.1, 0.15) is 17.7 Å². The van der Waals surface area contributed by atoms with E-state index < -0.39 is 6.10 Å². The summed E-state index contributed by atoms with van der Waals surface area (Å²) in [7, 11) is 1.52. The van der Waals surface area contributed by atoms with Gasteiger partial charge in [0.2, 0.25) is 0 Å². The van der Waals surface area contributed by atoms with Gasteiger partial charge in [0.25, 0.3) is 0 Å². The minimum absolute atomic E-state index is 0.367. The molecule has 0 fully saturated rings. The summed E-state index contributed by atoms with van der Waals surface area (Å²) in [6.07, 6.45) is -0.919. The Balaban J connectivity index is 2.38. The fourth-order valence-electron chi connectivity index (χ4n) is 1.97. The molecule has 4 heteroatoms. The van der Waals surface area contributed by atoms with Crippen molar-refractivity contribution in [2.45, 2.75) is 13.0 Å². The predicted octanol–water partition coefficient (Wildman–Crippen LogP) is 3.88. The number of benzene rings is 2. The second kappa shape index (κ2) is 5.59. The molecule has 1 unspecified atom stereocenters. The standard InChI is InChI=1S/C15H14ClFO2/c1-9-5-11(7-12(17)6-9)15(18)10-3-4-14(19-2)13(16)8-10/h3-8,15,18H,1-2H3. The van der Waals surface area contributed by atoms with Crippen LogP contribution < -0.4 is 4.74 Å². The number of rotatable bonds is 3. The van der Waals surface area contributed by atoms with Crippen LogP contribution in [0.15, 0.2) is 36.4 Å². The van der Waals surface area contributed by atoms with Crippen molar-refractivity contribution >= 4 is 11.6 Å². The maximum Gasteiger partial charge on any atom is 0.137 e. The summed E-state index contributed by atoms with van der Waals surface area (Å²) in [5.74, 6) is 0.168. The Morgan fingerprint density at radius 2 is 1.89 bits per heavy atom. The molecule has 0 saturated carbocycles. The zero-order valence-corrected chi connectivity index (χ0v) is 11.4. The molecule has 0 aliphatic carbocycles. The molecular weight excluding hydrogens is 267 g/mol. The van der Waals surface area contributed by atoms with Gasteiger partial charge in [0.15, 0.2) is 0 Å². The number of aliphatic hydroxyl groups excluding tert-OH is 1. The Bertz CT molecular complexity index is 578. The van der Waals surface area contributed by atoms with Gasteiger partial charge in [-0.1, -0.05) is 23.7 Å². The number of aliphatic hydroxyl groups is 1. The number of ether oxygens (including phenoxy) is 1. The van der Waals surface area contributed by atoms with E-state index in [1.165, 1.54) is 19.2 Å². The lowest BCUT2D eigenvalue weighted by atomic mass is 10.00. The molecule has 2 aromatic carbocycles. The Morgan fingerprint density at radius 1 is 1.16 bits per heavy atom. The van der Waals surface area contributed by atoms with E-state index in [1.807, 2.05) is 0 Å². The van der Waals surface area contributed by atoms with E-state index in [0.29, 0.717) is 21.9 Å². The third-order valence-electron chi connectivity index (χ3n) is 2.87. The molecule has 2 aromatic rings. The van der Waals surface area contributed by atoms with E-state index in [2.05, 4.69) is 0 Å². The summed E-state index contributed by atoms with van der Waals surface area (Å²) in [5, 5.41) is 10.7. The van der Waals surface area contributed by atoms with E-state index >= 15 is 0 Å². The Morgan fingerprint density at radius 3 is 2.47 bits per heavy atom. The van der Waals surface area contributed by atoms with Crippen molar-refractivity contribution < 1.29 is 14.2 Å². The topological polar surface area (TPSA) is 29.5 Å². The van der Waals surface area contributed by atoms with Gasteiger partial charge in [0.05, 0.1) is 12.1 Å². The van der Waals surface area contributed by atoms with Crippen molar-refractivity contribution in [2.75, 3.05) is 7.11 Å². The lowest BCUT2D eigenvalue weighted by molar-refractivity contribution is 0.219.